The molecule has 1 amide bonds. The molecule has 1 aromatic rings. The highest BCUT2D eigenvalue weighted by Crippen LogP contribution is 2.65. The third kappa shape index (κ3) is 3.19. The molecule has 1 aromatic carbocycles. The molecule has 0 saturated heterocycles. The van der Waals surface area contributed by atoms with E-state index in [1.165, 1.54) is 6.92 Å². The van der Waals surface area contributed by atoms with Gasteiger partial charge in [0.05, 0.1) is 18.7 Å². The van der Waals surface area contributed by atoms with Gasteiger partial charge in [0, 0.05) is 35.9 Å². The normalized spacial score (nSPS) is 35.5. The fraction of sp³-hybridized carbons (Fsp3) is 0.704. The van der Waals surface area contributed by atoms with Gasteiger partial charge in [0.25, 0.3) is 5.91 Å². The molecular formula is C27H37NO6. The molecule has 4 aliphatic rings. The molecule has 2 aliphatic heterocycles. The van der Waals surface area contributed by atoms with Gasteiger partial charge in [-0.3, -0.25) is 9.59 Å². The second-order valence-corrected chi connectivity index (χ2v) is 11.9. The maximum atomic E-state index is 12.8. The van der Waals surface area contributed by atoms with Crippen molar-refractivity contribution in [2.45, 2.75) is 85.0 Å². The summed E-state index contributed by atoms with van der Waals surface area (Å²) in [6, 6.07) is 1.59. The fourth-order valence-corrected chi connectivity index (χ4v) is 8.04. The maximum Gasteiger partial charge on any atom is 0.302 e. The van der Waals surface area contributed by atoms with Gasteiger partial charge >= 0.3 is 5.97 Å². The number of aliphatic hydroxyl groups excluding tert-OH is 1. The minimum absolute atomic E-state index is 0.0327. The number of carbonyl (C=O) groups excluding carboxylic acids is 2. The quantitative estimate of drug-likeness (QED) is 0.651. The van der Waals surface area contributed by atoms with Crippen LogP contribution in [0.25, 0.3) is 0 Å². The Hall–Kier alpha value is -2.28. The van der Waals surface area contributed by atoms with Crippen molar-refractivity contribution in [3.05, 3.63) is 22.8 Å². The van der Waals surface area contributed by atoms with Gasteiger partial charge in [-0.25, -0.2) is 0 Å². The van der Waals surface area contributed by atoms with Crippen molar-refractivity contribution in [1.29, 1.82) is 0 Å². The van der Waals surface area contributed by atoms with Gasteiger partial charge in [-0.2, -0.15) is 0 Å². The number of nitrogens with zero attached hydrogens (tertiary/aromatic N) is 1. The third-order valence-electron chi connectivity index (χ3n) is 9.68. The van der Waals surface area contributed by atoms with Gasteiger partial charge in [0.1, 0.15) is 23.2 Å². The number of hydrogen-bond acceptors (Lipinski definition) is 6. The number of amides is 1. The molecule has 5 atom stereocenters. The summed E-state index contributed by atoms with van der Waals surface area (Å²) in [5.74, 6) is 0.948. The Morgan fingerprint density at radius 3 is 2.59 bits per heavy atom. The van der Waals surface area contributed by atoms with E-state index >= 15 is 0 Å². The highest BCUT2D eigenvalue weighted by atomic mass is 16.5. The highest BCUT2D eigenvalue weighted by Gasteiger charge is 2.63. The van der Waals surface area contributed by atoms with Gasteiger partial charge in [-0.1, -0.05) is 20.8 Å². The van der Waals surface area contributed by atoms with E-state index in [4.69, 9.17) is 9.47 Å². The molecule has 0 bridgehead atoms. The van der Waals surface area contributed by atoms with Crippen molar-refractivity contribution < 1.29 is 29.3 Å². The van der Waals surface area contributed by atoms with Gasteiger partial charge in [-0.05, 0) is 56.4 Å². The molecule has 7 nitrogen and oxygen atoms in total. The number of phenolic OH excluding ortho intramolecular Hbond substituents is 1. The van der Waals surface area contributed by atoms with Crippen LogP contribution in [0.1, 0.15) is 81.8 Å². The first-order chi connectivity index (χ1) is 15.9. The SMILES string of the molecule is CC(=O)OC1CCC2(C)C3Cc4c(O)cc5c(c4OC3(C)CCC2C1(C)C)CN(CCO)C5=O. The predicted molar refractivity (Wildman–Crippen MR) is 126 cm³/mol. The smallest absolute Gasteiger partial charge is 0.302 e. The Morgan fingerprint density at radius 2 is 1.91 bits per heavy atom. The summed E-state index contributed by atoms with van der Waals surface area (Å²) in [6.45, 7) is 11.1. The summed E-state index contributed by atoms with van der Waals surface area (Å²) >= 11 is 0. The molecule has 2 saturated carbocycles. The Balaban J connectivity index is 1.53. The largest absolute Gasteiger partial charge is 0.508 e. The van der Waals surface area contributed by atoms with Crippen molar-refractivity contribution in [1.82, 2.24) is 4.90 Å². The van der Waals surface area contributed by atoms with Crippen LogP contribution in [0.2, 0.25) is 0 Å². The molecule has 5 rings (SSSR count). The molecular weight excluding hydrogens is 434 g/mol. The van der Waals surface area contributed by atoms with Crippen molar-refractivity contribution in [2.24, 2.45) is 22.7 Å². The van der Waals surface area contributed by atoms with Crippen molar-refractivity contribution in [3.63, 3.8) is 0 Å². The molecule has 2 aliphatic carbocycles. The summed E-state index contributed by atoms with van der Waals surface area (Å²) in [5, 5.41) is 20.4. The molecule has 34 heavy (non-hydrogen) atoms. The lowest BCUT2D eigenvalue weighted by molar-refractivity contribution is -0.204. The number of carbonyl (C=O) groups is 2. The summed E-state index contributed by atoms with van der Waals surface area (Å²) < 4.78 is 12.6. The number of esters is 1. The first-order valence-corrected chi connectivity index (χ1v) is 12.6. The number of fused-ring (bicyclic) bond motifs is 6. The van der Waals surface area contributed by atoms with Crippen molar-refractivity contribution >= 4 is 11.9 Å². The molecule has 0 spiro atoms. The van der Waals surface area contributed by atoms with Crippen LogP contribution < -0.4 is 4.74 Å². The summed E-state index contributed by atoms with van der Waals surface area (Å²) in [7, 11) is 0. The van der Waals surface area contributed by atoms with Crippen LogP contribution in [-0.2, 0) is 22.5 Å². The number of hydrogen-bond donors (Lipinski definition) is 2. The lowest BCUT2D eigenvalue weighted by atomic mass is 9.44. The van der Waals surface area contributed by atoms with E-state index in [2.05, 4.69) is 27.7 Å². The molecule has 2 heterocycles. The summed E-state index contributed by atoms with van der Waals surface area (Å²) in [6.07, 6.45) is 4.20. The Bertz CT molecular complexity index is 1050. The van der Waals surface area contributed by atoms with Gasteiger partial charge in [0.2, 0.25) is 0 Å². The van der Waals surface area contributed by atoms with E-state index in [0.717, 1.165) is 36.8 Å². The van der Waals surface area contributed by atoms with E-state index in [9.17, 15) is 19.8 Å². The number of ether oxygens (including phenoxy) is 2. The van der Waals surface area contributed by atoms with Crippen molar-refractivity contribution in [3.8, 4) is 11.5 Å². The zero-order chi connectivity index (χ0) is 24.6. The average Bonchev–Trinajstić information content (AvgIpc) is 3.05. The second kappa shape index (κ2) is 7.61. The number of β-amino-alcohol motifs (C(OH)–C–C–N with tert-alkyl or cyclic N) is 1. The summed E-state index contributed by atoms with van der Waals surface area (Å²) in [4.78, 5) is 26.2. The van der Waals surface area contributed by atoms with E-state index in [-0.39, 0.29) is 53.6 Å². The molecule has 0 radical (unpaired) electrons. The first-order valence-electron chi connectivity index (χ1n) is 12.6. The lowest BCUT2D eigenvalue weighted by Gasteiger charge is -2.64. The molecule has 7 heteroatoms. The van der Waals surface area contributed by atoms with Gasteiger partial charge in [0.15, 0.2) is 0 Å². The minimum Gasteiger partial charge on any atom is -0.508 e. The summed E-state index contributed by atoms with van der Waals surface area (Å²) in [5.41, 5.74) is 1.51. The molecule has 0 aromatic heterocycles. The number of aromatic hydroxyl groups is 1. The maximum absolute atomic E-state index is 12.8. The number of benzene rings is 1. The standard InChI is InChI=1S/C27H37NO6/c1-15(30)33-22-7-8-26(4)20(25(22,2)3)6-9-27(5)21(26)13-17-19(31)12-16-18(23(17)34-27)14-28(10-11-29)24(16)32/h12,20-22,29,31H,6-11,13-14H2,1-5H3. The van der Waals surface area contributed by atoms with Crippen LogP contribution in [0.15, 0.2) is 6.07 Å². The monoisotopic (exact) mass is 471 g/mol. The van der Waals surface area contributed by atoms with Crippen LogP contribution in [0.4, 0.5) is 0 Å². The van der Waals surface area contributed by atoms with E-state index in [0.29, 0.717) is 30.2 Å². The third-order valence-corrected chi connectivity index (χ3v) is 9.68. The van der Waals surface area contributed by atoms with E-state index in [1.807, 2.05) is 0 Å². The highest BCUT2D eigenvalue weighted by molar-refractivity contribution is 6.00. The van der Waals surface area contributed by atoms with Crippen LogP contribution in [0.3, 0.4) is 0 Å². The zero-order valence-corrected chi connectivity index (χ0v) is 20.9. The Kier molecular flexibility index (Phi) is 5.25. The molecule has 186 valence electrons. The molecule has 5 unspecified atom stereocenters. The van der Waals surface area contributed by atoms with Gasteiger partial charge in [-0.15, -0.1) is 0 Å². The molecule has 2 N–H and O–H groups in total. The van der Waals surface area contributed by atoms with Crippen molar-refractivity contribution in [2.75, 3.05) is 13.2 Å². The average molecular weight is 472 g/mol. The van der Waals surface area contributed by atoms with Gasteiger partial charge < -0.3 is 24.6 Å². The predicted octanol–water partition coefficient (Wildman–Crippen LogP) is 3.82. The second-order valence-electron chi connectivity index (χ2n) is 11.9. The van der Waals surface area contributed by atoms with Crippen LogP contribution in [-0.4, -0.2) is 51.8 Å². The van der Waals surface area contributed by atoms with E-state index in [1.54, 1.807) is 11.0 Å². The number of phenols is 1. The Morgan fingerprint density at radius 1 is 1.18 bits per heavy atom. The number of aliphatic hydroxyl groups is 1. The van der Waals surface area contributed by atoms with E-state index < -0.39 is 5.60 Å². The molecule has 2 fully saturated rings. The lowest BCUT2D eigenvalue weighted by Crippen LogP contribution is -2.64. The van der Waals surface area contributed by atoms with Crippen LogP contribution >= 0.6 is 0 Å². The van der Waals surface area contributed by atoms with Crippen LogP contribution in [0.5, 0.6) is 11.5 Å². The topological polar surface area (TPSA) is 96.3 Å². The Labute approximate surface area is 201 Å². The fourth-order valence-electron chi connectivity index (χ4n) is 8.04. The minimum atomic E-state index is -0.405. The first kappa shape index (κ1) is 23.5. The van der Waals surface area contributed by atoms with Crippen LogP contribution in [0, 0.1) is 22.7 Å². The number of rotatable bonds is 3. The zero-order valence-electron chi connectivity index (χ0n) is 20.9.